The number of rotatable bonds is 6. The predicted molar refractivity (Wildman–Crippen MR) is 102 cm³/mol. The van der Waals surface area contributed by atoms with Gasteiger partial charge in [0.25, 0.3) is 0 Å². The highest BCUT2D eigenvalue weighted by Crippen LogP contribution is 2.33. The maximum Gasteiger partial charge on any atom is 0.169 e. The van der Waals surface area contributed by atoms with Gasteiger partial charge in [0.1, 0.15) is 0 Å². The summed E-state index contributed by atoms with van der Waals surface area (Å²) in [6, 6.07) is 0. The minimum Gasteiger partial charge on any atom is -0.390 e. The Bertz CT molecular complexity index is 852. The highest BCUT2D eigenvalue weighted by molar-refractivity contribution is 8.08. The first-order valence-corrected chi connectivity index (χ1v) is 8.64. The zero-order chi connectivity index (χ0) is 17.8. The van der Waals surface area contributed by atoms with Crippen LogP contribution in [0.15, 0.2) is 40.7 Å². The first kappa shape index (κ1) is 17.0. The highest BCUT2D eigenvalue weighted by Gasteiger charge is 2.17. The minimum absolute atomic E-state index is 0.342. The van der Waals surface area contributed by atoms with E-state index in [0.717, 1.165) is 21.9 Å². The molecule has 3 heterocycles. The third-order valence-electron chi connectivity index (χ3n) is 3.48. The van der Waals surface area contributed by atoms with Crippen molar-refractivity contribution in [1.29, 1.82) is 5.41 Å². The van der Waals surface area contributed by atoms with Crippen molar-refractivity contribution in [3.8, 4) is 11.3 Å². The van der Waals surface area contributed by atoms with Crippen LogP contribution in [0.1, 0.15) is 6.92 Å². The van der Waals surface area contributed by atoms with Crippen molar-refractivity contribution in [2.45, 2.75) is 6.92 Å². The molecule has 3 rings (SSSR count). The van der Waals surface area contributed by atoms with Gasteiger partial charge in [0.2, 0.25) is 0 Å². The molecule has 0 fully saturated rings. The van der Waals surface area contributed by atoms with Crippen molar-refractivity contribution in [1.82, 2.24) is 25.1 Å². The zero-order valence-corrected chi connectivity index (χ0v) is 14.9. The average Bonchev–Trinajstić information content (AvgIpc) is 3.18. The lowest BCUT2D eigenvalue weighted by molar-refractivity contribution is 0.768. The summed E-state index contributed by atoms with van der Waals surface area (Å²) in [4.78, 5) is 10.7. The van der Waals surface area contributed by atoms with Crippen LogP contribution >= 0.6 is 11.8 Å². The van der Waals surface area contributed by atoms with Gasteiger partial charge in [-0.05, 0) is 13.0 Å². The van der Waals surface area contributed by atoms with Crippen molar-refractivity contribution in [2.75, 3.05) is 24.1 Å². The van der Waals surface area contributed by atoms with Crippen LogP contribution in [0.5, 0.6) is 0 Å². The second kappa shape index (κ2) is 7.39. The third-order valence-corrected chi connectivity index (χ3v) is 4.56. The first-order valence-electron chi connectivity index (χ1n) is 7.83. The van der Waals surface area contributed by atoms with Gasteiger partial charge in [-0.25, -0.2) is 9.97 Å². The van der Waals surface area contributed by atoms with Crippen molar-refractivity contribution < 1.29 is 0 Å². The molecule has 0 unspecified atom stereocenters. The smallest absolute Gasteiger partial charge is 0.169 e. The second-order valence-corrected chi connectivity index (χ2v) is 6.61. The number of anilines is 2. The Morgan fingerprint density at radius 1 is 1.40 bits per heavy atom. The molecule has 1 aliphatic rings. The van der Waals surface area contributed by atoms with Crippen LogP contribution in [0.3, 0.4) is 0 Å². The highest BCUT2D eigenvalue weighted by atomic mass is 32.2. The fourth-order valence-corrected chi connectivity index (χ4v) is 3.15. The molecule has 0 spiro atoms. The van der Waals surface area contributed by atoms with Crippen LogP contribution < -0.4 is 16.4 Å². The van der Waals surface area contributed by atoms with Gasteiger partial charge < -0.3 is 16.4 Å². The van der Waals surface area contributed by atoms with E-state index in [1.165, 1.54) is 0 Å². The number of nitrogen functional groups attached to an aromatic ring is 1. The molecule has 0 amide bonds. The molecule has 2 aromatic heterocycles. The molecule has 130 valence electrons. The molecule has 0 radical (unpaired) electrons. The van der Waals surface area contributed by atoms with Crippen LogP contribution in [0.2, 0.25) is 0 Å². The number of aryl methyl sites for hydroxylation is 1. The lowest BCUT2D eigenvalue weighted by Gasteiger charge is -2.09. The minimum atomic E-state index is 0.342. The molecule has 0 atom stereocenters. The Balaban J connectivity index is 1.69. The average molecular weight is 356 g/mol. The van der Waals surface area contributed by atoms with E-state index in [2.05, 4.69) is 25.7 Å². The number of hydrogen-bond donors (Lipinski definition) is 4. The summed E-state index contributed by atoms with van der Waals surface area (Å²) in [6.07, 6.45) is 8.95. The fraction of sp³-hybridized carbons (Fsp3) is 0.250. The topological polar surface area (TPSA) is 118 Å². The van der Waals surface area contributed by atoms with Crippen LogP contribution in [-0.4, -0.2) is 38.5 Å². The molecule has 5 N–H and O–H groups in total. The number of allylic oxidation sites excluding steroid dienone is 2. The van der Waals surface area contributed by atoms with Crippen LogP contribution in [0, 0.1) is 5.41 Å². The summed E-state index contributed by atoms with van der Waals surface area (Å²) in [6.45, 7) is 3.39. The molecular weight excluding hydrogens is 336 g/mol. The maximum absolute atomic E-state index is 7.99. The molecule has 25 heavy (non-hydrogen) atoms. The Kier molecular flexibility index (Phi) is 5.03. The van der Waals surface area contributed by atoms with Crippen LogP contribution in [-0.2, 0) is 7.05 Å². The summed E-state index contributed by atoms with van der Waals surface area (Å²) < 4.78 is 1.71. The third kappa shape index (κ3) is 4.00. The normalized spacial score (nSPS) is 15.5. The number of nitrogens with zero attached hydrogens (tertiary/aromatic N) is 4. The second-order valence-electron chi connectivity index (χ2n) is 5.44. The standard InChI is InChI=1S/C16H20N8S/c1-3-19-8-14-12(17)4-11(25-14)6-21-16-15(18)20-7-13(23-16)10-5-22-24(2)9-10/h4-5,7-9,17,19H,3,6H2,1-2H3,(H2,18,20)(H,21,23)/b14-8+,17-12?. The molecule has 9 heteroatoms. The van der Waals surface area contributed by atoms with Crippen molar-refractivity contribution in [3.63, 3.8) is 0 Å². The molecule has 1 aliphatic heterocycles. The number of thioether (sulfide) groups is 1. The van der Waals surface area contributed by atoms with E-state index >= 15 is 0 Å². The zero-order valence-electron chi connectivity index (χ0n) is 14.1. The molecule has 0 bridgehead atoms. The van der Waals surface area contributed by atoms with Gasteiger partial charge in [0.15, 0.2) is 11.6 Å². The van der Waals surface area contributed by atoms with Crippen molar-refractivity contribution in [2.24, 2.45) is 7.05 Å². The van der Waals surface area contributed by atoms with Crippen molar-refractivity contribution in [3.05, 3.63) is 40.7 Å². The van der Waals surface area contributed by atoms with Gasteiger partial charge >= 0.3 is 0 Å². The summed E-state index contributed by atoms with van der Waals surface area (Å²) >= 11 is 1.56. The molecular formula is C16H20N8S. The Hall–Kier alpha value is -2.81. The van der Waals surface area contributed by atoms with Crippen LogP contribution in [0.4, 0.5) is 11.6 Å². The first-order chi connectivity index (χ1) is 12.1. The number of nitrogens with one attached hydrogen (secondary N) is 3. The SMILES string of the molecule is CCN/C=C1/SC(CNc2nc(-c3cnn(C)c3)cnc2N)=CC1=N. The van der Waals surface area contributed by atoms with E-state index in [1.54, 1.807) is 28.8 Å². The molecule has 0 aliphatic carbocycles. The van der Waals surface area contributed by atoms with Crippen LogP contribution in [0.25, 0.3) is 11.3 Å². The number of aromatic nitrogens is 4. The fourth-order valence-electron chi connectivity index (χ4n) is 2.24. The van der Waals surface area contributed by atoms with E-state index in [1.807, 2.05) is 32.4 Å². The van der Waals surface area contributed by atoms with Gasteiger partial charge in [-0.2, -0.15) is 5.10 Å². The lowest BCUT2D eigenvalue weighted by Crippen LogP contribution is -2.08. The Morgan fingerprint density at radius 2 is 2.24 bits per heavy atom. The molecule has 8 nitrogen and oxygen atoms in total. The van der Waals surface area contributed by atoms with Crippen molar-refractivity contribution >= 4 is 29.1 Å². The summed E-state index contributed by atoms with van der Waals surface area (Å²) in [7, 11) is 1.85. The van der Waals surface area contributed by atoms with E-state index < -0.39 is 0 Å². The molecule has 0 saturated heterocycles. The van der Waals surface area contributed by atoms with Gasteiger partial charge in [0, 0.05) is 43.0 Å². The Morgan fingerprint density at radius 3 is 2.96 bits per heavy atom. The van der Waals surface area contributed by atoms with Gasteiger partial charge in [-0.15, -0.1) is 0 Å². The Labute approximate surface area is 150 Å². The van der Waals surface area contributed by atoms with E-state index in [-0.39, 0.29) is 0 Å². The van der Waals surface area contributed by atoms with Gasteiger partial charge in [0.05, 0.1) is 28.7 Å². The predicted octanol–water partition coefficient (Wildman–Crippen LogP) is 1.97. The largest absolute Gasteiger partial charge is 0.390 e. The van der Waals surface area contributed by atoms with E-state index in [0.29, 0.717) is 29.6 Å². The maximum atomic E-state index is 7.99. The van der Waals surface area contributed by atoms with E-state index in [4.69, 9.17) is 11.1 Å². The monoisotopic (exact) mass is 356 g/mol. The molecule has 2 aromatic rings. The quantitative estimate of drug-likeness (QED) is 0.625. The summed E-state index contributed by atoms with van der Waals surface area (Å²) in [5, 5.41) is 18.5. The molecule has 0 aromatic carbocycles. The van der Waals surface area contributed by atoms with Gasteiger partial charge in [-0.1, -0.05) is 11.8 Å². The van der Waals surface area contributed by atoms with Gasteiger partial charge in [-0.3, -0.25) is 10.1 Å². The lowest BCUT2D eigenvalue weighted by atomic mass is 10.3. The molecule has 0 saturated carbocycles. The number of nitrogens with two attached hydrogens (primary N) is 1. The van der Waals surface area contributed by atoms with E-state index in [9.17, 15) is 0 Å². The number of hydrogen-bond acceptors (Lipinski definition) is 8. The summed E-state index contributed by atoms with van der Waals surface area (Å²) in [5.41, 5.74) is 8.02. The summed E-state index contributed by atoms with van der Waals surface area (Å²) in [5.74, 6) is 0.869.